The highest BCUT2D eigenvalue weighted by molar-refractivity contribution is 5.81. The van der Waals surface area contributed by atoms with Crippen LogP contribution in [0.25, 0.3) is 10.9 Å². The Hall–Kier alpha value is -2.30. The second-order valence-electron chi connectivity index (χ2n) is 3.60. The molecule has 0 spiro atoms. The number of hydrogen-bond acceptors (Lipinski definition) is 3. The lowest BCUT2D eigenvalue weighted by Gasteiger charge is -2.04. The molecule has 5 nitrogen and oxygen atoms in total. The third kappa shape index (κ3) is 1.63. The molecule has 5 heteroatoms. The zero-order valence-electron chi connectivity index (χ0n) is 8.57. The third-order valence-corrected chi connectivity index (χ3v) is 2.48. The fourth-order valence-electron chi connectivity index (χ4n) is 1.63. The Balaban J connectivity index is 1.78. The van der Waals surface area contributed by atoms with E-state index in [0.717, 1.165) is 28.8 Å². The molecule has 2 heterocycles. The molecule has 0 atom stereocenters. The highest BCUT2D eigenvalue weighted by Gasteiger charge is 1.98. The number of rotatable bonds is 3. The van der Waals surface area contributed by atoms with Gasteiger partial charge in [0.2, 0.25) is 0 Å². The molecule has 16 heavy (non-hydrogen) atoms. The van der Waals surface area contributed by atoms with Gasteiger partial charge < -0.3 is 10.3 Å². The maximum Gasteiger partial charge on any atom is 0.0922 e. The van der Waals surface area contributed by atoms with Crippen LogP contribution in [0.2, 0.25) is 0 Å². The first kappa shape index (κ1) is 8.96. The first-order valence-electron chi connectivity index (χ1n) is 5.06. The van der Waals surface area contributed by atoms with Crippen LogP contribution < -0.4 is 5.32 Å². The highest BCUT2D eigenvalue weighted by atomic mass is 15.1. The number of H-pyrrole nitrogens is 2. The average molecular weight is 213 g/mol. The minimum Gasteiger partial charge on any atom is -0.379 e. The quantitative estimate of drug-likeness (QED) is 0.622. The predicted octanol–water partition coefficient (Wildman–Crippen LogP) is 1.90. The van der Waals surface area contributed by atoms with Crippen LogP contribution in [0.3, 0.4) is 0 Å². The van der Waals surface area contributed by atoms with Crippen molar-refractivity contribution in [3.63, 3.8) is 0 Å². The Labute approximate surface area is 91.9 Å². The number of hydrogen-bond donors (Lipinski definition) is 3. The minimum atomic E-state index is 0.736. The summed E-state index contributed by atoms with van der Waals surface area (Å²) in [6, 6.07) is 6.11. The molecule has 0 aliphatic rings. The molecule has 0 aliphatic heterocycles. The van der Waals surface area contributed by atoms with Crippen molar-refractivity contribution < 1.29 is 0 Å². The van der Waals surface area contributed by atoms with Crippen molar-refractivity contribution in [2.75, 3.05) is 5.32 Å². The van der Waals surface area contributed by atoms with E-state index < -0.39 is 0 Å². The molecule has 0 aliphatic carbocycles. The van der Waals surface area contributed by atoms with Crippen molar-refractivity contribution in [3.05, 3.63) is 42.6 Å². The normalized spacial score (nSPS) is 10.8. The molecule has 0 fully saturated rings. The van der Waals surface area contributed by atoms with Crippen LogP contribution in [0.1, 0.15) is 5.69 Å². The lowest BCUT2D eigenvalue weighted by atomic mass is 10.2. The van der Waals surface area contributed by atoms with Crippen LogP contribution in [0.4, 0.5) is 5.69 Å². The SMILES string of the molecule is c1ncc(CNc2ccc3cn[nH]c3c2)[nH]1. The van der Waals surface area contributed by atoms with Gasteiger partial charge in [0, 0.05) is 17.3 Å². The number of imidazole rings is 1. The molecule has 2 aromatic heterocycles. The molecular formula is C11H11N5. The van der Waals surface area contributed by atoms with Gasteiger partial charge >= 0.3 is 0 Å². The van der Waals surface area contributed by atoms with Gasteiger partial charge in [0.25, 0.3) is 0 Å². The smallest absolute Gasteiger partial charge is 0.0922 e. The fourth-order valence-corrected chi connectivity index (χ4v) is 1.63. The van der Waals surface area contributed by atoms with E-state index in [-0.39, 0.29) is 0 Å². The largest absolute Gasteiger partial charge is 0.379 e. The molecule has 3 aromatic rings. The van der Waals surface area contributed by atoms with Crippen LogP contribution in [0.5, 0.6) is 0 Å². The number of nitrogens with one attached hydrogen (secondary N) is 3. The summed E-state index contributed by atoms with van der Waals surface area (Å²) < 4.78 is 0. The van der Waals surface area contributed by atoms with E-state index in [2.05, 4.69) is 25.5 Å². The Morgan fingerprint density at radius 2 is 2.25 bits per heavy atom. The Bertz CT molecular complexity index is 581. The zero-order valence-corrected chi connectivity index (χ0v) is 8.57. The molecule has 80 valence electrons. The number of aromatic amines is 2. The van der Waals surface area contributed by atoms with Gasteiger partial charge in [-0.1, -0.05) is 0 Å². The zero-order chi connectivity index (χ0) is 10.8. The number of benzene rings is 1. The molecule has 0 saturated carbocycles. The summed E-state index contributed by atoms with van der Waals surface area (Å²) in [7, 11) is 0. The third-order valence-electron chi connectivity index (χ3n) is 2.48. The van der Waals surface area contributed by atoms with E-state index in [4.69, 9.17) is 0 Å². The maximum atomic E-state index is 3.98. The van der Waals surface area contributed by atoms with Gasteiger partial charge in [0.05, 0.1) is 30.3 Å². The molecule has 1 aromatic carbocycles. The summed E-state index contributed by atoms with van der Waals surface area (Å²) in [4.78, 5) is 7.01. The molecule has 0 bridgehead atoms. The van der Waals surface area contributed by atoms with Gasteiger partial charge in [0.1, 0.15) is 0 Å². The number of aromatic nitrogens is 4. The van der Waals surface area contributed by atoms with E-state index in [9.17, 15) is 0 Å². The topological polar surface area (TPSA) is 69.4 Å². The molecule has 3 N–H and O–H groups in total. The van der Waals surface area contributed by atoms with Gasteiger partial charge in [-0.15, -0.1) is 0 Å². The summed E-state index contributed by atoms with van der Waals surface area (Å²) in [5.74, 6) is 0. The van der Waals surface area contributed by atoms with Gasteiger partial charge in [-0.3, -0.25) is 5.10 Å². The highest BCUT2D eigenvalue weighted by Crippen LogP contribution is 2.16. The van der Waals surface area contributed by atoms with Crippen LogP contribution in [0.15, 0.2) is 36.9 Å². The monoisotopic (exact) mass is 213 g/mol. The lowest BCUT2D eigenvalue weighted by Crippen LogP contribution is -1.99. The molecule has 0 unspecified atom stereocenters. The van der Waals surface area contributed by atoms with Crippen LogP contribution in [-0.4, -0.2) is 20.2 Å². The van der Waals surface area contributed by atoms with Crippen molar-refractivity contribution in [1.82, 2.24) is 20.2 Å². The van der Waals surface area contributed by atoms with Crippen LogP contribution in [0, 0.1) is 0 Å². The second-order valence-corrected chi connectivity index (χ2v) is 3.60. The Morgan fingerprint density at radius 1 is 1.25 bits per heavy atom. The van der Waals surface area contributed by atoms with E-state index in [1.165, 1.54) is 0 Å². The van der Waals surface area contributed by atoms with E-state index in [0.29, 0.717) is 0 Å². The summed E-state index contributed by atoms with van der Waals surface area (Å²) in [5, 5.41) is 11.4. The van der Waals surface area contributed by atoms with Crippen molar-refractivity contribution in [3.8, 4) is 0 Å². The van der Waals surface area contributed by atoms with Crippen molar-refractivity contribution in [2.45, 2.75) is 6.54 Å². The molecular weight excluding hydrogens is 202 g/mol. The number of anilines is 1. The van der Waals surface area contributed by atoms with Crippen LogP contribution >= 0.6 is 0 Å². The van der Waals surface area contributed by atoms with Crippen LogP contribution in [-0.2, 0) is 6.54 Å². The van der Waals surface area contributed by atoms with Gasteiger partial charge in [-0.05, 0) is 18.2 Å². The second kappa shape index (κ2) is 3.69. The fraction of sp³-hybridized carbons (Fsp3) is 0.0909. The summed E-state index contributed by atoms with van der Waals surface area (Å²) in [6.07, 6.45) is 5.30. The minimum absolute atomic E-state index is 0.736. The Morgan fingerprint density at radius 3 is 3.12 bits per heavy atom. The predicted molar refractivity (Wildman–Crippen MR) is 62.0 cm³/mol. The first-order valence-corrected chi connectivity index (χ1v) is 5.06. The number of nitrogens with zero attached hydrogens (tertiary/aromatic N) is 2. The first-order chi connectivity index (χ1) is 7.92. The van der Waals surface area contributed by atoms with Gasteiger partial charge in [-0.25, -0.2) is 4.98 Å². The van der Waals surface area contributed by atoms with Crippen molar-refractivity contribution in [2.24, 2.45) is 0 Å². The molecule has 0 saturated heterocycles. The summed E-state index contributed by atoms with van der Waals surface area (Å²) in [6.45, 7) is 0.736. The molecule has 0 radical (unpaired) electrons. The van der Waals surface area contributed by atoms with E-state index in [1.807, 2.05) is 30.6 Å². The maximum absolute atomic E-state index is 3.98. The Kier molecular flexibility index (Phi) is 2.07. The molecule has 0 amide bonds. The van der Waals surface area contributed by atoms with Gasteiger partial charge in [-0.2, -0.15) is 5.10 Å². The number of fused-ring (bicyclic) bond motifs is 1. The summed E-state index contributed by atoms with van der Waals surface area (Å²) in [5.41, 5.74) is 3.16. The van der Waals surface area contributed by atoms with Gasteiger partial charge in [0.15, 0.2) is 0 Å². The van der Waals surface area contributed by atoms with E-state index >= 15 is 0 Å². The molecule has 3 rings (SSSR count). The average Bonchev–Trinajstić information content (AvgIpc) is 2.97. The lowest BCUT2D eigenvalue weighted by molar-refractivity contribution is 1.07. The standard InChI is InChI=1S/C11H11N5/c1-2-9(3-11-8(1)4-15-16-11)13-6-10-5-12-7-14-10/h1-5,7,13H,6H2,(H,12,14)(H,15,16). The van der Waals surface area contributed by atoms with Crippen molar-refractivity contribution in [1.29, 1.82) is 0 Å². The van der Waals surface area contributed by atoms with E-state index in [1.54, 1.807) is 6.33 Å². The van der Waals surface area contributed by atoms with Crippen molar-refractivity contribution >= 4 is 16.6 Å². The summed E-state index contributed by atoms with van der Waals surface area (Å²) >= 11 is 0.